The van der Waals surface area contributed by atoms with Crippen LogP contribution < -0.4 is 10.6 Å². The molecule has 0 bridgehead atoms. The summed E-state index contributed by atoms with van der Waals surface area (Å²) in [5, 5.41) is 7.63. The lowest BCUT2D eigenvalue weighted by Gasteiger charge is -2.26. The fourth-order valence-electron chi connectivity index (χ4n) is 5.88. The summed E-state index contributed by atoms with van der Waals surface area (Å²) >= 11 is 0. The molecule has 9 heteroatoms. The first-order chi connectivity index (χ1) is 20.7. The minimum Gasteiger partial charge on any atom is -0.346 e. The lowest BCUT2D eigenvalue weighted by atomic mass is 9.83. The summed E-state index contributed by atoms with van der Waals surface area (Å²) in [6.45, 7) is 3.93. The molecule has 1 heterocycles. The molecule has 1 aliphatic rings. The van der Waals surface area contributed by atoms with Crippen molar-refractivity contribution in [3.8, 4) is 0 Å². The number of nitrogens with zero attached hydrogens (tertiary/aromatic N) is 2. The molecule has 2 aromatic carbocycles. The van der Waals surface area contributed by atoms with Crippen molar-refractivity contribution in [1.29, 1.82) is 0 Å². The van der Waals surface area contributed by atoms with Crippen LogP contribution in [0.15, 0.2) is 61.1 Å². The Balaban J connectivity index is 1.54. The molecule has 3 aromatic rings. The molecular formula is C34H40N4O5. The Morgan fingerprint density at radius 1 is 1.02 bits per heavy atom. The Morgan fingerprint density at radius 2 is 1.81 bits per heavy atom. The number of fused-ring (bicyclic) bond motifs is 1. The third kappa shape index (κ3) is 8.86. The number of aldehydes is 1. The van der Waals surface area contributed by atoms with E-state index in [1.807, 2.05) is 56.3 Å². The molecule has 4 atom stereocenters. The Labute approximate surface area is 252 Å². The second-order valence-electron chi connectivity index (χ2n) is 11.9. The molecule has 0 unspecified atom stereocenters. The van der Waals surface area contributed by atoms with Crippen LogP contribution in [0.2, 0.25) is 0 Å². The lowest BCUT2D eigenvalue weighted by Crippen LogP contribution is -2.46. The van der Waals surface area contributed by atoms with Gasteiger partial charge >= 0.3 is 0 Å². The summed E-state index contributed by atoms with van der Waals surface area (Å²) in [6.07, 6.45) is 8.69. The van der Waals surface area contributed by atoms with Gasteiger partial charge in [-0.05, 0) is 47.9 Å². The zero-order valence-electron chi connectivity index (χ0n) is 24.8. The number of aromatic nitrogens is 2. The van der Waals surface area contributed by atoms with Gasteiger partial charge in [0.15, 0.2) is 5.78 Å². The second-order valence-corrected chi connectivity index (χ2v) is 11.9. The third-order valence-electron chi connectivity index (χ3n) is 8.08. The van der Waals surface area contributed by atoms with Gasteiger partial charge in [0.05, 0.1) is 18.3 Å². The zero-order valence-corrected chi connectivity index (χ0v) is 24.8. The maximum Gasteiger partial charge on any atom is 0.272 e. The van der Waals surface area contributed by atoms with Crippen LogP contribution in [0, 0.1) is 17.8 Å². The molecule has 226 valence electrons. The van der Waals surface area contributed by atoms with Crippen molar-refractivity contribution in [2.45, 2.75) is 77.3 Å². The average molecular weight is 585 g/mol. The van der Waals surface area contributed by atoms with Crippen molar-refractivity contribution in [3.05, 3.63) is 72.3 Å². The number of hydrogen-bond acceptors (Lipinski definition) is 7. The van der Waals surface area contributed by atoms with E-state index in [1.165, 1.54) is 18.6 Å². The predicted molar refractivity (Wildman–Crippen MR) is 163 cm³/mol. The van der Waals surface area contributed by atoms with Crippen LogP contribution in [0.4, 0.5) is 0 Å². The number of ketones is 2. The third-order valence-corrected chi connectivity index (χ3v) is 8.08. The van der Waals surface area contributed by atoms with E-state index < -0.39 is 29.8 Å². The molecule has 0 radical (unpaired) electrons. The Bertz CT molecular complexity index is 1440. The van der Waals surface area contributed by atoms with Gasteiger partial charge in [0, 0.05) is 43.5 Å². The van der Waals surface area contributed by atoms with Gasteiger partial charge in [-0.1, -0.05) is 62.7 Å². The first kappa shape index (κ1) is 31.7. The van der Waals surface area contributed by atoms with Crippen molar-refractivity contribution in [1.82, 2.24) is 20.6 Å². The first-order valence-electron chi connectivity index (χ1n) is 15.1. The fourth-order valence-corrected chi connectivity index (χ4v) is 5.88. The molecule has 43 heavy (non-hydrogen) atoms. The van der Waals surface area contributed by atoms with E-state index in [0.29, 0.717) is 25.5 Å². The van der Waals surface area contributed by atoms with Crippen molar-refractivity contribution in [2.75, 3.05) is 0 Å². The molecule has 4 rings (SSSR count). The maximum absolute atomic E-state index is 13.9. The van der Waals surface area contributed by atoms with Gasteiger partial charge in [-0.15, -0.1) is 0 Å². The van der Waals surface area contributed by atoms with Gasteiger partial charge in [-0.2, -0.15) is 0 Å². The summed E-state index contributed by atoms with van der Waals surface area (Å²) in [6, 6.07) is 11.9. The quantitative estimate of drug-likeness (QED) is 0.268. The molecular weight excluding hydrogens is 544 g/mol. The highest BCUT2D eigenvalue weighted by Gasteiger charge is 2.32. The number of rotatable bonds is 14. The molecule has 0 aliphatic heterocycles. The van der Waals surface area contributed by atoms with Gasteiger partial charge in [0.1, 0.15) is 17.8 Å². The van der Waals surface area contributed by atoms with Crippen LogP contribution in [0.1, 0.15) is 74.8 Å². The van der Waals surface area contributed by atoms with E-state index in [9.17, 15) is 24.0 Å². The van der Waals surface area contributed by atoms with E-state index in [4.69, 9.17) is 0 Å². The molecule has 1 saturated carbocycles. The standard InChI is InChI=1S/C34H40N4O5/c1-22(2)16-26(33(42)37-27(21-39)17-25-9-4-6-13-31(25)40)19-32(41)29(38-34(43)30-20-35-14-15-36-30)18-24-11-7-10-23-8-3-5-12-28(23)24/h3,5,7-8,10-12,14-15,20-22,25-27,29H,4,6,9,13,16-19H2,1-2H3,(H,37,42)(H,38,43)/t25-,26+,27-,29-/m0/s1. The molecule has 1 aromatic heterocycles. The second kappa shape index (κ2) is 15.3. The van der Waals surface area contributed by atoms with E-state index >= 15 is 0 Å². The first-order valence-corrected chi connectivity index (χ1v) is 15.1. The largest absolute Gasteiger partial charge is 0.346 e. The molecule has 9 nitrogen and oxygen atoms in total. The number of amides is 2. The molecule has 0 spiro atoms. The van der Waals surface area contributed by atoms with Crippen LogP contribution in [0.3, 0.4) is 0 Å². The van der Waals surface area contributed by atoms with Crippen molar-refractivity contribution in [3.63, 3.8) is 0 Å². The highest BCUT2D eigenvalue weighted by atomic mass is 16.2. The Morgan fingerprint density at radius 3 is 2.53 bits per heavy atom. The number of benzene rings is 2. The highest BCUT2D eigenvalue weighted by Crippen LogP contribution is 2.26. The number of carbonyl (C=O) groups is 5. The molecule has 2 N–H and O–H groups in total. The van der Waals surface area contributed by atoms with Gasteiger partial charge < -0.3 is 15.4 Å². The molecule has 1 fully saturated rings. The number of Topliss-reactive ketones (excluding diaryl/α,β-unsaturated/α-hetero) is 2. The summed E-state index contributed by atoms with van der Waals surface area (Å²) in [4.78, 5) is 72.8. The maximum atomic E-state index is 13.9. The summed E-state index contributed by atoms with van der Waals surface area (Å²) in [5.41, 5.74) is 0.972. The van der Waals surface area contributed by atoms with Crippen LogP contribution in [-0.2, 0) is 25.6 Å². The van der Waals surface area contributed by atoms with Crippen LogP contribution in [-0.4, -0.2) is 51.7 Å². The van der Waals surface area contributed by atoms with Crippen LogP contribution in [0.25, 0.3) is 10.8 Å². The summed E-state index contributed by atoms with van der Waals surface area (Å²) in [7, 11) is 0. The minimum atomic E-state index is -0.926. The SMILES string of the molecule is CC(C)C[C@H](CC(=O)[C@H](Cc1cccc2ccccc12)NC(=O)c1cnccn1)C(=O)N[C@H](C=O)C[C@@H]1CCCCC1=O. The normalized spacial score (nSPS) is 17.2. The molecule has 1 aliphatic carbocycles. The van der Waals surface area contributed by atoms with Gasteiger partial charge in [-0.3, -0.25) is 24.2 Å². The predicted octanol–water partition coefficient (Wildman–Crippen LogP) is 4.43. The summed E-state index contributed by atoms with van der Waals surface area (Å²) in [5.74, 6) is -1.94. The van der Waals surface area contributed by atoms with E-state index in [0.717, 1.165) is 29.2 Å². The minimum absolute atomic E-state index is 0.0841. The van der Waals surface area contributed by atoms with Crippen molar-refractivity contribution < 1.29 is 24.0 Å². The van der Waals surface area contributed by atoms with Gasteiger partial charge in [0.2, 0.25) is 5.91 Å². The number of hydrogen-bond donors (Lipinski definition) is 2. The lowest BCUT2D eigenvalue weighted by molar-refractivity contribution is -0.132. The monoisotopic (exact) mass is 584 g/mol. The Hall–Kier alpha value is -4.27. The Kier molecular flexibility index (Phi) is 11.2. The van der Waals surface area contributed by atoms with Crippen LogP contribution >= 0.6 is 0 Å². The van der Waals surface area contributed by atoms with Crippen molar-refractivity contribution in [2.24, 2.45) is 17.8 Å². The van der Waals surface area contributed by atoms with Gasteiger partial charge in [0.25, 0.3) is 5.91 Å². The van der Waals surface area contributed by atoms with Gasteiger partial charge in [-0.25, -0.2) is 4.98 Å². The van der Waals surface area contributed by atoms with Crippen molar-refractivity contribution >= 4 is 40.4 Å². The average Bonchev–Trinajstić information content (AvgIpc) is 3.01. The molecule has 0 saturated heterocycles. The topological polar surface area (TPSA) is 135 Å². The van der Waals surface area contributed by atoms with Crippen LogP contribution in [0.5, 0.6) is 0 Å². The number of nitrogens with one attached hydrogen (secondary N) is 2. The smallest absolute Gasteiger partial charge is 0.272 e. The zero-order chi connectivity index (χ0) is 30.8. The van der Waals surface area contributed by atoms with E-state index in [-0.39, 0.29) is 48.4 Å². The molecule has 2 amide bonds. The summed E-state index contributed by atoms with van der Waals surface area (Å²) < 4.78 is 0. The fraction of sp³-hybridized carbons (Fsp3) is 0.441. The highest BCUT2D eigenvalue weighted by molar-refractivity contribution is 5.98. The number of carbonyl (C=O) groups excluding carboxylic acids is 5. The van der Waals surface area contributed by atoms with E-state index in [2.05, 4.69) is 20.6 Å². The van der Waals surface area contributed by atoms with E-state index in [1.54, 1.807) is 0 Å².